The molecule has 0 bridgehead atoms. The second-order valence-electron chi connectivity index (χ2n) is 4.49. The summed E-state index contributed by atoms with van der Waals surface area (Å²) in [7, 11) is 1.00. The topological polar surface area (TPSA) is 44.9 Å². The van der Waals surface area contributed by atoms with Crippen molar-refractivity contribution < 1.29 is 13.6 Å². The molecule has 1 heterocycles. The molecule has 0 aliphatic heterocycles. The van der Waals surface area contributed by atoms with Gasteiger partial charge in [-0.2, -0.15) is 0 Å². The number of nitrogens with one attached hydrogen (secondary N) is 2. The van der Waals surface area contributed by atoms with E-state index in [0.29, 0.717) is 20.0 Å². The molecule has 154 valence electrons. The van der Waals surface area contributed by atoms with Crippen molar-refractivity contribution >= 4 is 17.7 Å². The van der Waals surface area contributed by atoms with Gasteiger partial charge in [-0.15, -0.1) is 0 Å². The summed E-state index contributed by atoms with van der Waals surface area (Å²) in [5, 5.41) is 2.87. The first kappa shape index (κ1) is 29.3. The molecule has 3 nitrogen and oxygen atoms in total. The second kappa shape index (κ2) is 19.9. The lowest BCUT2D eigenvalue weighted by atomic mass is 10.2. The fourth-order valence-electron chi connectivity index (χ4n) is 1.95. The monoisotopic (exact) mass is 382 g/mol. The molecule has 1 aromatic heterocycles. The molecule has 2 rings (SSSR count). The van der Waals surface area contributed by atoms with Crippen LogP contribution in [0.1, 0.15) is 61.9 Å². The zero-order valence-corrected chi connectivity index (χ0v) is 18.0. The van der Waals surface area contributed by atoms with Gasteiger partial charge in [0.05, 0.1) is 14.4 Å². The number of aryl methyl sites for hydroxylation is 2. The first-order valence-corrected chi connectivity index (χ1v) is 9.12. The third kappa shape index (κ3) is 11.0. The van der Waals surface area contributed by atoms with Gasteiger partial charge in [0.2, 0.25) is 0 Å². The Bertz CT molecular complexity index is 605. The van der Waals surface area contributed by atoms with Crippen molar-refractivity contribution in [2.24, 2.45) is 0 Å². The van der Waals surface area contributed by atoms with E-state index in [0.717, 1.165) is 23.4 Å². The molecular weight excluding hydrogens is 346 g/mol. The van der Waals surface area contributed by atoms with E-state index in [1.807, 2.05) is 71.9 Å². The fraction of sp³-hybridized carbons (Fsp3) is 0.409. The lowest BCUT2D eigenvalue weighted by molar-refractivity contribution is 0.102. The van der Waals surface area contributed by atoms with Crippen LogP contribution in [0, 0.1) is 6.92 Å². The van der Waals surface area contributed by atoms with Gasteiger partial charge >= 0.3 is 0 Å². The fourth-order valence-corrected chi connectivity index (χ4v) is 1.95. The number of aromatic amines is 1. The summed E-state index contributed by atoms with van der Waals surface area (Å²) in [5.74, 6) is -0.133. The quantitative estimate of drug-likeness (QED) is 0.587. The zero-order chi connectivity index (χ0) is 21.8. The molecule has 0 spiro atoms. The average Bonchev–Trinajstić information content (AvgIpc) is 3.19. The highest BCUT2D eigenvalue weighted by Gasteiger charge is 2.11. The Labute approximate surface area is 163 Å². The van der Waals surface area contributed by atoms with Crippen molar-refractivity contribution in [2.45, 2.75) is 48.0 Å². The van der Waals surface area contributed by atoms with Gasteiger partial charge in [0, 0.05) is 11.4 Å². The van der Waals surface area contributed by atoms with Crippen LogP contribution in [0.3, 0.4) is 0 Å². The van der Waals surface area contributed by atoms with Crippen LogP contribution in [-0.2, 0) is 6.42 Å². The average molecular weight is 383 g/mol. The number of hydrogen-bond acceptors (Lipinski definition) is 1. The predicted octanol–water partition coefficient (Wildman–Crippen LogP) is 7.00. The van der Waals surface area contributed by atoms with E-state index >= 15 is 0 Å². The molecule has 27 heavy (non-hydrogen) atoms. The molecule has 2 aromatic rings. The Hall–Kier alpha value is -2.43. The van der Waals surface area contributed by atoms with Crippen molar-refractivity contribution in [3.63, 3.8) is 0 Å². The third-order valence-electron chi connectivity index (χ3n) is 3.06. The minimum Gasteiger partial charge on any atom is -0.354 e. The van der Waals surface area contributed by atoms with Gasteiger partial charge in [-0.25, -0.2) is 0 Å². The Morgan fingerprint density at radius 3 is 1.93 bits per heavy atom. The Balaban J connectivity index is -0.000000638. The molecule has 0 unspecified atom stereocenters. The Morgan fingerprint density at radius 1 is 1.07 bits per heavy atom. The van der Waals surface area contributed by atoms with E-state index in [4.69, 9.17) is 0 Å². The maximum atomic E-state index is 12.1. The van der Waals surface area contributed by atoms with Crippen LogP contribution in [0.5, 0.6) is 0 Å². The van der Waals surface area contributed by atoms with Gasteiger partial charge in [-0.3, -0.25) is 13.6 Å². The first-order valence-electron chi connectivity index (χ1n) is 9.12. The van der Waals surface area contributed by atoms with Crippen LogP contribution in [0.25, 0.3) is 6.08 Å². The smallest absolute Gasteiger partial charge is 0.272 e. The summed E-state index contributed by atoms with van der Waals surface area (Å²) in [6.45, 7) is 15.8. The van der Waals surface area contributed by atoms with Crippen LogP contribution in [-0.4, -0.2) is 25.2 Å². The maximum Gasteiger partial charge on any atom is 0.272 e. The molecule has 0 aliphatic rings. The van der Waals surface area contributed by atoms with Crippen molar-refractivity contribution in [1.82, 2.24) is 4.98 Å². The largest absolute Gasteiger partial charge is 0.354 e. The third-order valence-corrected chi connectivity index (χ3v) is 3.06. The van der Waals surface area contributed by atoms with Gasteiger partial charge in [0.15, 0.2) is 0 Å². The summed E-state index contributed by atoms with van der Waals surface area (Å²) in [6, 6.07) is 9.56. The molecule has 1 aromatic carbocycles. The lowest BCUT2D eigenvalue weighted by Gasteiger charge is -2.03. The number of carbonyl (C=O) groups excluding carboxylic acids is 1. The summed E-state index contributed by atoms with van der Waals surface area (Å²) in [5.41, 5.74) is 4.54. The van der Waals surface area contributed by atoms with Crippen molar-refractivity contribution in [3.05, 3.63) is 59.4 Å². The molecule has 0 aliphatic carbocycles. The van der Waals surface area contributed by atoms with Crippen molar-refractivity contribution in [3.8, 4) is 0 Å². The van der Waals surface area contributed by atoms with Gasteiger partial charge in [0.1, 0.15) is 5.69 Å². The zero-order valence-electron chi connectivity index (χ0n) is 18.0. The number of anilines is 1. The molecular formula is C22H36F2N2O. The van der Waals surface area contributed by atoms with E-state index in [9.17, 15) is 13.6 Å². The maximum absolute atomic E-state index is 12.1. The van der Waals surface area contributed by atoms with Gasteiger partial charge in [-0.1, -0.05) is 65.0 Å². The number of carbonyl (C=O) groups is 1. The van der Waals surface area contributed by atoms with E-state index in [2.05, 4.69) is 16.9 Å². The van der Waals surface area contributed by atoms with E-state index in [1.54, 1.807) is 6.08 Å². The SMILES string of the molecule is C=Cc1cc(C(=O)Nc2ccc(C)cc2)[nH]c1CC.CC.CC.CF.CF. The van der Waals surface area contributed by atoms with Crippen LogP contribution in [0.15, 0.2) is 36.9 Å². The molecule has 0 fully saturated rings. The minimum absolute atomic E-state index is 0.133. The van der Waals surface area contributed by atoms with Crippen LogP contribution >= 0.6 is 0 Å². The second-order valence-corrected chi connectivity index (χ2v) is 4.49. The molecule has 0 radical (unpaired) electrons. The number of alkyl halides is 2. The minimum atomic E-state index is -0.133. The highest BCUT2D eigenvalue weighted by molar-refractivity contribution is 6.03. The Kier molecular flexibility index (Phi) is 21.6. The number of H-pyrrole nitrogens is 1. The van der Waals surface area contributed by atoms with Gasteiger partial charge in [-0.05, 0) is 37.1 Å². The van der Waals surface area contributed by atoms with Gasteiger partial charge < -0.3 is 10.3 Å². The normalized spacial score (nSPS) is 8.07. The van der Waals surface area contributed by atoms with Gasteiger partial charge in [0.25, 0.3) is 5.91 Å². The number of hydrogen-bond donors (Lipinski definition) is 2. The summed E-state index contributed by atoms with van der Waals surface area (Å²) >= 11 is 0. The first-order chi connectivity index (χ1) is 13.1. The van der Waals surface area contributed by atoms with Crippen LogP contribution in [0.4, 0.5) is 14.5 Å². The van der Waals surface area contributed by atoms with E-state index in [1.165, 1.54) is 5.56 Å². The number of aromatic nitrogens is 1. The summed E-state index contributed by atoms with van der Waals surface area (Å²) in [6.07, 6.45) is 2.61. The number of halogens is 2. The standard InChI is InChI=1S/C16H18N2O.2C2H6.2CH3F/c1-4-12-10-15(18-14(12)5-2)16(19)17-13-8-6-11(3)7-9-13;4*1-2/h4,6-10,18H,1,5H2,2-3H3,(H,17,19);2*1-2H3;2*1H3. The highest BCUT2D eigenvalue weighted by atomic mass is 19.1. The molecule has 1 amide bonds. The van der Waals surface area contributed by atoms with E-state index in [-0.39, 0.29) is 5.91 Å². The number of amides is 1. The predicted molar refractivity (Wildman–Crippen MR) is 116 cm³/mol. The number of benzene rings is 1. The molecule has 0 saturated carbocycles. The van der Waals surface area contributed by atoms with Crippen LogP contribution in [0.2, 0.25) is 0 Å². The number of rotatable bonds is 4. The lowest BCUT2D eigenvalue weighted by Crippen LogP contribution is -2.12. The summed E-state index contributed by atoms with van der Waals surface area (Å²) < 4.78 is 19.0. The highest BCUT2D eigenvalue weighted by Crippen LogP contribution is 2.15. The van der Waals surface area contributed by atoms with Crippen LogP contribution < -0.4 is 5.32 Å². The molecule has 0 atom stereocenters. The molecule has 0 saturated heterocycles. The Morgan fingerprint density at radius 2 is 1.56 bits per heavy atom. The summed E-state index contributed by atoms with van der Waals surface area (Å²) in [4.78, 5) is 15.3. The van der Waals surface area contributed by atoms with Crippen molar-refractivity contribution in [2.75, 3.05) is 19.7 Å². The van der Waals surface area contributed by atoms with E-state index < -0.39 is 0 Å². The molecule has 2 N–H and O–H groups in total. The van der Waals surface area contributed by atoms with Crippen molar-refractivity contribution in [1.29, 1.82) is 0 Å². The molecule has 5 heteroatoms.